The number of benzene rings is 1. The quantitative estimate of drug-likeness (QED) is 0.611. The molecule has 1 saturated carbocycles. The lowest BCUT2D eigenvalue weighted by atomic mass is 9.91. The van der Waals surface area contributed by atoms with E-state index in [-0.39, 0.29) is 9.88 Å². The molecule has 0 unspecified atom stereocenters. The molecule has 1 aliphatic rings. The van der Waals surface area contributed by atoms with Gasteiger partial charge in [0.2, 0.25) is 10.0 Å². The van der Waals surface area contributed by atoms with E-state index in [1.165, 1.54) is 0 Å². The van der Waals surface area contributed by atoms with Crippen molar-refractivity contribution in [2.75, 3.05) is 0 Å². The van der Waals surface area contributed by atoms with Crippen LogP contribution in [0.3, 0.4) is 0 Å². The number of sulfonamides is 1. The molecule has 1 aliphatic carbocycles. The molecule has 0 bridgehead atoms. The highest BCUT2D eigenvalue weighted by Gasteiger charge is 2.38. The predicted molar refractivity (Wildman–Crippen MR) is 91.7 cm³/mol. The van der Waals surface area contributed by atoms with Gasteiger partial charge < -0.3 is 5.73 Å². The van der Waals surface area contributed by atoms with E-state index < -0.39 is 15.6 Å². The Morgan fingerprint density at radius 1 is 1.24 bits per heavy atom. The van der Waals surface area contributed by atoms with Gasteiger partial charge in [0.05, 0.1) is 15.4 Å². The van der Waals surface area contributed by atoms with Crippen molar-refractivity contribution in [1.29, 1.82) is 0 Å². The van der Waals surface area contributed by atoms with Crippen LogP contribution in [0.1, 0.15) is 38.5 Å². The van der Waals surface area contributed by atoms with Crippen molar-refractivity contribution in [3.63, 3.8) is 0 Å². The Balaban J connectivity index is 2.33. The van der Waals surface area contributed by atoms with Crippen LogP contribution in [0.25, 0.3) is 0 Å². The molecular weight excluding hydrogens is 372 g/mol. The number of thiocarbonyl (C=S) groups is 1. The fourth-order valence-electron chi connectivity index (χ4n) is 2.68. The molecule has 0 heterocycles. The van der Waals surface area contributed by atoms with Crippen LogP contribution in [0.5, 0.6) is 0 Å². The van der Waals surface area contributed by atoms with Gasteiger partial charge in [-0.1, -0.05) is 59.9 Å². The van der Waals surface area contributed by atoms with Crippen LogP contribution in [0.2, 0.25) is 0 Å². The molecular formula is C14H19BrN2O2S2. The van der Waals surface area contributed by atoms with E-state index in [1.807, 2.05) is 0 Å². The summed E-state index contributed by atoms with van der Waals surface area (Å²) < 4.78 is 28.7. The molecule has 0 atom stereocenters. The van der Waals surface area contributed by atoms with Crippen LogP contribution in [0.4, 0.5) is 0 Å². The fraction of sp³-hybridized carbons (Fsp3) is 0.500. The van der Waals surface area contributed by atoms with Crippen LogP contribution < -0.4 is 10.5 Å². The third kappa shape index (κ3) is 4.03. The molecule has 0 aromatic heterocycles. The van der Waals surface area contributed by atoms with E-state index in [4.69, 9.17) is 18.0 Å². The molecule has 7 heteroatoms. The second-order valence-corrected chi connectivity index (χ2v) is 8.46. The lowest BCUT2D eigenvalue weighted by Gasteiger charge is -2.32. The van der Waals surface area contributed by atoms with E-state index >= 15 is 0 Å². The summed E-state index contributed by atoms with van der Waals surface area (Å²) in [7, 11) is -3.65. The van der Waals surface area contributed by atoms with Gasteiger partial charge in [0.25, 0.3) is 0 Å². The van der Waals surface area contributed by atoms with Crippen molar-refractivity contribution >= 4 is 43.2 Å². The Bertz CT molecular complexity index is 624. The Hall–Kier alpha value is -0.500. The summed E-state index contributed by atoms with van der Waals surface area (Å²) in [4.78, 5) is 0.458. The van der Waals surface area contributed by atoms with Gasteiger partial charge in [-0.2, -0.15) is 4.72 Å². The maximum atomic E-state index is 12.6. The Morgan fingerprint density at radius 2 is 1.86 bits per heavy atom. The normalized spacial score (nSPS) is 18.9. The zero-order chi connectivity index (χ0) is 15.5. The van der Waals surface area contributed by atoms with E-state index in [0.717, 1.165) is 30.2 Å². The summed E-state index contributed by atoms with van der Waals surface area (Å²) in [6.45, 7) is 0. The van der Waals surface area contributed by atoms with Crippen molar-refractivity contribution < 1.29 is 8.42 Å². The van der Waals surface area contributed by atoms with Crippen LogP contribution in [-0.2, 0) is 10.0 Å². The van der Waals surface area contributed by atoms with Gasteiger partial charge in [0.15, 0.2) is 0 Å². The van der Waals surface area contributed by atoms with Gasteiger partial charge in [0.1, 0.15) is 0 Å². The number of hydrogen-bond acceptors (Lipinski definition) is 3. The molecule has 1 fully saturated rings. The van der Waals surface area contributed by atoms with Crippen LogP contribution in [0, 0.1) is 0 Å². The SMILES string of the molecule is NC(=S)C1(NS(=O)(=O)c2cccc(Br)c2)CCCCCC1. The summed E-state index contributed by atoms with van der Waals surface area (Å²) in [5, 5.41) is 0. The average Bonchev–Trinajstić information content (AvgIpc) is 2.65. The van der Waals surface area contributed by atoms with Gasteiger partial charge in [-0.25, -0.2) is 8.42 Å². The Kier molecular flexibility index (Phi) is 5.40. The highest BCUT2D eigenvalue weighted by molar-refractivity contribution is 9.10. The number of hydrogen-bond donors (Lipinski definition) is 2. The third-order valence-electron chi connectivity index (χ3n) is 3.86. The maximum Gasteiger partial charge on any atom is 0.241 e. The minimum atomic E-state index is -3.65. The first-order chi connectivity index (χ1) is 9.86. The molecule has 4 nitrogen and oxygen atoms in total. The van der Waals surface area contributed by atoms with Crippen molar-refractivity contribution in [3.05, 3.63) is 28.7 Å². The molecule has 0 spiro atoms. The predicted octanol–water partition coefficient (Wildman–Crippen LogP) is 3.11. The Labute approximate surface area is 139 Å². The molecule has 0 aliphatic heterocycles. The van der Waals surface area contributed by atoms with Crippen LogP contribution in [0.15, 0.2) is 33.6 Å². The van der Waals surface area contributed by atoms with Crippen LogP contribution in [-0.4, -0.2) is 18.9 Å². The summed E-state index contributed by atoms with van der Waals surface area (Å²) in [6.07, 6.45) is 5.35. The van der Waals surface area contributed by atoms with Crippen LogP contribution >= 0.6 is 28.1 Å². The van der Waals surface area contributed by atoms with Gasteiger partial charge in [0, 0.05) is 4.47 Å². The van der Waals surface area contributed by atoms with Gasteiger partial charge >= 0.3 is 0 Å². The van der Waals surface area contributed by atoms with E-state index in [9.17, 15) is 8.42 Å². The Morgan fingerprint density at radius 3 is 2.38 bits per heavy atom. The van der Waals surface area contributed by atoms with Gasteiger partial charge in [-0.05, 0) is 31.0 Å². The van der Waals surface area contributed by atoms with Crippen molar-refractivity contribution in [2.45, 2.75) is 49.0 Å². The number of rotatable bonds is 4. The molecule has 2 rings (SSSR count). The lowest BCUT2D eigenvalue weighted by Crippen LogP contribution is -2.56. The minimum Gasteiger partial charge on any atom is -0.392 e. The van der Waals surface area contributed by atoms with E-state index in [0.29, 0.717) is 12.8 Å². The average molecular weight is 391 g/mol. The summed E-state index contributed by atoms with van der Waals surface area (Å²) >= 11 is 8.47. The maximum absolute atomic E-state index is 12.6. The van der Waals surface area contributed by atoms with E-state index in [1.54, 1.807) is 24.3 Å². The fourth-order valence-corrected chi connectivity index (χ4v) is 5.04. The largest absolute Gasteiger partial charge is 0.392 e. The van der Waals surface area contributed by atoms with E-state index in [2.05, 4.69) is 20.7 Å². The highest BCUT2D eigenvalue weighted by Crippen LogP contribution is 2.29. The minimum absolute atomic E-state index is 0.219. The monoisotopic (exact) mass is 390 g/mol. The number of halogens is 1. The lowest BCUT2D eigenvalue weighted by molar-refractivity contribution is 0.441. The first kappa shape index (κ1) is 16.9. The second kappa shape index (κ2) is 6.73. The molecule has 1 aromatic carbocycles. The molecule has 0 amide bonds. The van der Waals surface area contributed by atoms with Gasteiger partial charge in [-0.15, -0.1) is 0 Å². The summed E-state index contributed by atoms with van der Waals surface area (Å²) in [5.41, 5.74) is 5.08. The molecule has 21 heavy (non-hydrogen) atoms. The molecule has 0 saturated heterocycles. The second-order valence-electron chi connectivity index (χ2n) is 5.42. The smallest absolute Gasteiger partial charge is 0.241 e. The third-order valence-corrected chi connectivity index (χ3v) is 6.28. The molecule has 0 radical (unpaired) electrons. The van der Waals surface area contributed by atoms with Crippen molar-refractivity contribution in [1.82, 2.24) is 4.72 Å². The molecule has 116 valence electrons. The van der Waals surface area contributed by atoms with Gasteiger partial charge in [-0.3, -0.25) is 0 Å². The van der Waals surface area contributed by atoms with Crippen molar-refractivity contribution in [2.24, 2.45) is 5.73 Å². The zero-order valence-corrected chi connectivity index (χ0v) is 14.9. The highest BCUT2D eigenvalue weighted by atomic mass is 79.9. The summed E-state index contributed by atoms with van der Waals surface area (Å²) in [6, 6.07) is 6.62. The first-order valence-electron chi connectivity index (χ1n) is 6.95. The summed E-state index contributed by atoms with van der Waals surface area (Å²) in [5.74, 6) is 0. The standard InChI is InChI=1S/C14H19BrN2O2S2/c15-11-6-5-7-12(10-11)21(18,19)17-14(13(16)20)8-3-1-2-4-9-14/h5-7,10,17H,1-4,8-9H2,(H2,16,20). The topological polar surface area (TPSA) is 72.2 Å². The first-order valence-corrected chi connectivity index (χ1v) is 9.64. The van der Waals surface area contributed by atoms with Crippen molar-refractivity contribution in [3.8, 4) is 0 Å². The zero-order valence-electron chi connectivity index (χ0n) is 11.6. The molecule has 1 aromatic rings. The molecule has 3 N–H and O–H groups in total. The number of nitrogens with one attached hydrogen (secondary N) is 1. The number of nitrogens with two attached hydrogens (primary N) is 1.